The molecule has 0 radical (unpaired) electrons. The van der Waals surface area contributed by atoms with E-state index in [-0.39, 0.29) is 6.10 Å². The van der Waals surface area contributed by atoms with E-state index < -0.39 is 0 Å². The van der Waals surface area contributed by atoms with Gasteiger partial charge in [0.15, 0.2) is 0 Å². The Balaban J connectivity index is 1.76. The first-order valence-corrected chi connectivity index (χ1v) is 7.61. The summed E-state index contributed by atoms with van der Waals surface area (Å²) in [5, 5.41) is 15.4. The van der Waals surface area contributed by atoms with Crippen molar-refractivity contribution in [2.24, 2.45) is 5.92 Å². The lowest BCUT2D eigenvalue weighted by atomic mass is 9.87. The van der Waals surface area contributed by atoms with Gasteiger partial charge in [0.1, 0.15) is 11.6 Å². The number of aliphatic hydroxyl groups excluding tert-OH is 1. The third kappa shape index (κ3) is 3.27. The zero-order valence-electron chi connectivity index (χ0n) is 12.4. The van der Waals surface area contributed by atoms with Crippen LogP contribution in [0.4, 0.5) is 5.82 Å². The fraction of sp³-hybridized carbons (Fsp3) is 0.471. The van der Waals surface area contributed by atoms with Gasteiger partial charge in [-0.3, -0.25) is 0 Å². The quantitative estimate of drug-likeness (QED) is 0.906. The number of benzene rings is 1. The van der Waals surface area contributed by atoms with Crippen molar-refractivity contribution in [1.82, 2.24) is 4.98 Å². The first kappa shape index (κ1) is 14.1. The molecule has 21 heavy (non-hydrogen) atoms. The molecule has 0 saturated heterocycles. The first-order valence-electron chi connectivity index (χ1n) is 7.61. The highest BCUT2D eigenvalue weighted by Crippen LogP contribution is 2.28. The lowest BCUT2D eigenvalue weighted by Gasteiger charge is -2.26. The number of pyridine rings is 1. The molecule has 1 saturated carbocycles. The molecule has 0 bridgehead atoms. The Labute approximate surface area is 125 Å². The van der Waals surface area contributed by atoms with E-state index >= 15 is 0 Å². The molecule has 1 aliphatic carbocycles. The lowest BCUT2D eigenvalue weighted by Crippen LogP contribution is -2.25. The predicted octanol–water partition coefficient (Wildman–Crippen LogP) is 3.21. The van der Waals surface area contributed by atoms with Crippen LogP contribution in [0.2, 0.25) is 0 Å². The van der Waals surface area contributed by atoms with E-state index in [4.69, 9.17) is 4.74 Å². The zero-order valence-corrected chi connectivity index (χ0v) is 12.4. The average molecular weight is 286 g/mol. The summed E-state index contributed by atoms with van der Waals surface area (Å²) >= 11 is 0. The van der Waals surface area contributed by atoms with Crippen molar-refractivity contribution in [3.8, 4) is 5.75 Å². The van der Waals surface area contributed by atoms with Crippen molar-refractivity contribution < 1.29 is 9.84 Å². The van der Waals surface area contributed by atoms with Crippen LogP contribution in [-0.2, 0) is 0 Å². The molecule has 2 atom stereocenters. The molecule has 0 spiro atoms. The zero-order chi connectivity index (χ0) is 14.7. The van der Waals surface area contributed by atoms with E-state index in [2.05, 4.69) is 10.3 Å². The third-order valence-electron chi connectivity index (χ3n) is 4.29. The molecule has 1 fully saturated rings. The van der Waals surface area contributed by atoms with Crippen LogP contribution >= 0.6 is 0 Å². The smallest absolute Gasteiger partial charge is 0.133 e. The predicted molar refractivity (Wildman–Crippen MR) is 84.7 cm³/mol. The number of aromatic nitrogens is 1. The number of hydrogen-bond acceptors (Lipinski definition) is 4. The minimum Gasteiger partial charge on any atom is -0.497 e. The van der Waals surface area contributed by atoms with Crippen molar-refractivity contribution in [3.63, 3.8) is 0 Å². The SMILES string of the molecule is COc1ccc2ccnc(NCC3CCCC(O)C3)c2c1. The molecular formula is C17H22N2O2. The Hall–Kier alpha value is -1.81. The third-order valence-corrected chi connectivity index (χ3v) is 4.29. The van der Waals surface area contributed by atoms with Gasteiger partial charge in [-0.05, 0) is 48.8 Å². The molecule has 2 unspecified atom stereocenters. The van der Waals surface area contributed by atoms with Gasteiger partial charge in [-0.25, -0.2) is 4.98 Å². The summed E-state index contributed by atoms with van der Waals surface area (Å²) in [6, 6.07) is 8.03. The number of fused-ring (bicyclic) bond motifs is 1. The Kier molecular flexibility index (Phi) is 4.25. The molecule has 3 rings (SSSR count). The summed E-state index contributed by atoms with van der Waals surface area (Å²) in [5.74, 6) is 2.26. The van der Waals surface area contributed by atoms with Crippen molar-refractivity contribution in [2.45, 2.75) is 31.8 Å². The Morgan fingerprint density at radius 1 is 1.33 bits per heavy atom. The van der Waals surface area contributed by atoms with Crippen LogP contribution in [0.25, 0.3) is 10.8 Å². The molecule has 1 aromatic heterocycles. The molecule has 1 aliphatic rings. The number of rotatable bonds is 4. The molecule has 0 amide bonds. The highest BCUT2D eigenvalue weighted by molar-refractivity contribution is 5.92. The number of aliphatic hydroxyl groups is 1. The van der Waals surface area contributed by atoms with Crippen molar-refractivity contribution in [2.75, 3.05) is 19.0 Å². The van der Waals surface area contributed by atoms with Gasteiger partial charge in [0, 0.05) is 18.1 Å². The molecule has 0 aliphatic heterocycles. The summed E-state index contributed by atoms with van der Waals surface area (Å²) in [7, 11) is 1.67. The molecule has 4 heteroatoms. The van der Waals surface area contributed by atoms with Crippen LogP contribution in [0.3, 0.4) is 0 Å². The second kappa shape index (κ2) is 6.31. The van der Waals surface area contributed by atoms with Gasteiger partial charge in [0.25, 0.3) is 0 Å². The second-order valence-corrected chi connectivity index (χ2v) is 5.81. The van der Waals surface area contributed by atoms with Crippen molar-refractivity contribution in [1.29, 1.82) is 0 Å². The number of ether oxygens (including phenoxy) is 1. The fourth-order valence-corrected chi connectivity index (χ4v) is 3.10. The van der Waals surface area contributed by atoms with E-state index in [1.165, 1.54) is 6.42 Å². The van der Waals surface area contributed by atoms with Gasteiger partial charge in [-0.1, -0.05) is 12.5 Å². The van der Waals surface area contributed by atoms with E-state index in [0.29, 0.717) is 5.92 Å². The molecule has 1 heterocycles. The molecule has 2 N–H and O–H groups in total. The van der Waals surface area contributed by atoms with Crippen LogP contribution in [-0.4, -0.2) is 29.8 Å². The van der Waals surface area contributed by atoms with Gasteiger partial charge in [0.05, 0.1) is 13.2 Å². The molecule has 2 aromatic rings. The maximum atomic E-state index is 9.76. The minimum absolute atomic E-state index is 0.133. The van der Waals surface area contributed by atoms with Crippen molar-refractivity contribution in [3.05, 3.63) is 30.5 Å². The lowest BCUT2D eigenvalue weighted by molar-refractivity contribution is 0.104. The highest BCUT2D eigenvalue weighted by Gasteiger charge is 2.20. The topological polar surface area (TPSA) is 54.4 Å². The number of methoxy groups -OCH3 is 1. The summed E-state index contributed by atoms with van der Waals surface area (Å²) in [6.07, 6.45) is 5.82. The van der Waals surface area contributed by atoms with Gasteiger partial charge < -0.3 is 15.2 Å². The van der Waals surface area contributed by atoms with Gasteiger partial charge >= 0.3 is 0 Å². The van der Waals surface area contributed by atoms with Crippen LogP contribution in [0, 0.1) is 5.92 Å². The summed E-state index contributed by atoms with van der Waals surface area (Å²) in [5.41, 5.74) is 0. The minimum atomic E-state index is -0.133. The van der Waals surface area contributed by atoms with E-state index in [1.54, 1.807) is 7.11 Å². The van der Waals surface area contributed by atoms with Crippen LogP contribution in [0.1, 0.15) is 25.7 Å². The normalized spacial score (nSPS) is 22.2. The van der Waals surface area contributed by atoms with E-state index in [9.17, 15) is 5.11 Å². The fourth-order valence-electron chi connectivity index (χ4n) is 3.10. The van der Waals surface area contributed by atoms with Crippen LogP contribution in [0.5, 0.6) is 5.75 Å². The highest BCUT2D eigenvalue weighted by atomic mass is 16.5. The molecular weight excluding hydrogens is 264 g/mol. The van der Waals surface area contributed by atoms with Crippen molar-refractivity contribution >= 4 is 16.6 Å². The van der Waals surface area contributed by atoms with E-state index in [0.717, 1.165) is 48.1 Å². The summed E-state index contributed by atoms with van der Waals surface area (Å²) in [6.45, 7) is 0.861. The first-order chi connectivity index (χ1) is 10.3. The maximum Gasteiger partial charge on any atom is 0.133 e. The number of nitrogens with zero attached hydrogens (tertiary/aromatic N) is 1. The second-order valence-electron chi connectivity index (χ2n) is 5.81. The Bertz CT molecular complexity index is 615. The standard InChI is InChI=1S/C17H22N2O2/c1-21-15-6-5-13-7-8-18-17(16(13)10-15)19-11-12-3-2-4-14(20)9-12/h5-8,10,12,14,20H,2-4,9,11H2,1H3,(H,18,19). The molecule has 4 nitrogen and oxygen atoms in total. The summed E-state index contributed by atoms with van der Waals surface area (Å²) in [4.78, 5) is 4.46. The number of anilines is 1. The van der Waals surface area contributed by atoms with Gasteiger partial charge in [-0.2, -0.15) is 0 Å². The Morgan fingerprint density at radius 2 is 2.24 bits per heavy atom. The average Bonchev–Trinajstić information content (AvgIpc) is 2.52. The largest absolute Gasteiger partial charge is 0.497 e. The maximum absolute atomic E-state index is 9.76. The molecule has 1 aromatic carbocycles. The monoisotopic (exact) mass is 286 g/mol. The van der Waals surface area contributed by atoms with Crippen LogP contribution < -0.4 is 10.1 Å². The Morgan fingerprint density at radius 3 is 3.05 bits per heavy atom. The number of hydrogen-bond donors (Lipinski definition) is 2. The van der Waals surface area contributed by atoms with Crippen LogP contribution in [0.15, 0.2) is 30.5 Å². The number of nitrogens with one attached hydrogen (secondary N) is 1. The van der Waals surface area contributed by atoms with Gasteiger partial charge in [-0.15, -0.1) is 0 Å². The van der Waals surface area contributed by atoms with Gasteiger partial charge in [0.2, 0.25) is 0 Å². The van der Waals surface area contributed by atoms with E-state index in [1.807, 2.05) is 30.5 Å². The molecule has 112 valence electrons. The summed E-state index contributed by atoms with van der Waals surface area (Å²) < 4.78 is 5.30.